The Labute approximate surface area is 162 Å². The zero-order valence-electron chi connectivity index (χ0n) is 14.9. The van der Waals surface area contributed by atoms with Crippen LogP contribution in [-0.2, 0) is 6.54 Å². The van der Waals surface area contributed by atoms with Gasteiger partial charge in [0, 0.05) is 26.2 Å². The first-order valence-electron chi connectivity index (χ1n) is 8.53. The SMILES string of the molecule is CN=C(NCc1cccc(F)c1)NCC(C(C)C)N1CCCC1.I. The number of likely N-dealkylation sites (tertiary alicyclic amines) is 1. The number of rotatable bonds is 6. The van der Waals surface area contributed by atoms with Crippen LogP contribution in [0.3, 0.4) is 0 Å². The van der Waals surface area contributed by atoms with Gasteiger partial charge in [-0.05, 0) is 49.5 Å². The average molecular weight is 448 g/mol. The molecule has 0 bridgehead atoms. The fourth-order valence-electron chi connectivity index (χ4n) is 3.11. The minimum absolute atomic E-state index is 0. The lowest BCUT2D eigenvalue weighted by atomic mass is 10.0. The van der Waals surface area contributed by atoms with E-state index >= 15 is 0 Å². The van der Waals surface area contributed by atoms with Crippen LogP contribution in [0.15, 0.2) is 29.3 Å². The highest BCUT2D eigenvalue weighted by Gasteiger charge is 2.24. The Kier molecular flexibility index (Phi) is 9.58. The molecule has 0 saturated carbocycles. The zero-order valence-corrected chi connectivity index (χ0v) is 17.2. The maximum absolute atomic E-state index is 13.2. The summed E-state index contributed by atoms with van der Waals surface area (Å²) in [4.78, 5) is 6.83. The number of halogens is 2. The lowest BCUT2D eigenvalue weighted by Gasteiger charge is -2.31. The van der Waals surface area contributed by atoms with Gasteiger partial charge in [0.1, 0.15) is 5.82 Å². The summed E-state index contributed by atoms with van der Waals surface area (Å²) in [5.74, 6) is 1.15. The van der Waals surface area contributed by atoms with Crippen LogP contribution in [0.25, 0.3) is 0 Å². The molecule has 1 aromatic carbocycles. The van der Waals surface area contributed by atoms with Crippen molar-refractivity contribution in [3.8, 4) is 0 Å². The minimum Gasteiger partial charge on any atom is -0.355 e. The molecule has 1 atom stereocenters. The summed E-state index contributed by atoms with van der Waals surface area (Å²) in [7, 11) is 1.77. The van der Waals surface area contributed by atoms with Gasteiger partial charge in [-0.3, -0.25) is 9.89 Å². The first kappa shape index (κ1) is 21.2. The Morgan fingerprint density at radius 2 is 1.96 bits per heavy atom. The summed E-state index contributed by atoms with van der Waals surface area (Å²) in [5.41, 5.74) is 0.910. The van der Waals surface area contributed by atoms with Gasteiger partial charge in [-0.2, -0.15) is 0 Å². The molecule has 1 unspecified atom stereocenters. The van der Waals surface area contributed by atoms with Crippen LogP contribution < -0.4 is 10.6 Å². The second kappa shape index (κ2) is 10.9. The molecule has 1 saturated heterocycles. The molecule has 136 valence electrons. The Bertz CT molecular complexity index is 515. The molecular weight excluding hydrogens is 418 g/mol. The number of aliphatic imine (C=N–C) groups is 1. The third-order valence-corrected chi connectivity index (χ3v) is 4.43. The maximum Gasteiger partial charge on any atom is 0.191 e. The van der Waals surface area contributed by atoms with Crippen molar-refractivity contribution in [1.82, 2.24) is 15.5 Å². The number of nitrogens with one attached hydrogen (secondary N) is 2. The fourth-order valence-corrected chi connectivity index (χ4v) is 3.11. The van der Waals surface area contributed by atoms with Crippen LogP contribution in [0.1, 0.15) is 32.3 Å². The van der Waals surface area contributed by atoms with E-state index in [2.05, 4.69) is 34.4 Å². The van der Waals surface area contributed by atoms with Gasteiger partial charge in [0.25, 0.3) is 0 Å². The van der Waals surface area contributed by atoms with E-state index in [1.165, 1.54) is 32.0 Å². The smallest absolute Gasteiger partial charge is 0.191 e. The summed E-state index contributed by atoms with van der Waals surface area (Å²) >= 11 is 0. The molecule has 0 aromatic heterocycles. The first-order valence-corrected chi connectivity index (χ1v) is 8.53. The van der Waals surface area contributed by atoms with Gasteiger partial charge >= 0.3 is 0 Å². The van der Waals surface area contributed by atoms with Crippen LogP contribution >= 0.6 is 24.0 Å². The summed E-state index contributed by atoms with van der Waals surface area (Å²) in [6, 6.07) is 7.15. The number of hydrogen-bond donors (Lipinski definition) is 2. The van der Waals surface area contributed by atoms with E-state index in [0.29, 0.717) is 18.5 Å². The van der Waals surface area contributed by atoms with Gasteiger partial charge in [0.15, 0.2) is 5.96 Å². The molecule has 1 aromatic rings. The average Bonchev–Trinajstić information content (AvgIpc) is 3.04. The summed E-state index contributed by atoms with van der Waals surface area (Å²) in [6.07, 6.45) is 2.60. The van der Waals surface area contributed by atoms with Gasteiger partial charge in [0.2, 0.25) is 0 Å². The second-order valence-electron chi connectivity index (χ2n) is 6.49. The van der Waals surface area contributed by atoms with E-state index in [1.54, 1.807) is 19.2 Å². The third-order valence-electron chi connectivity index (χ3n) is 4.43. The summed E-state index contributed by atoms with van der Waals surface area (Å²) in [5, 5.41) is 6.67. The molecular formula is C18H30FIN4. The van der Waals surface area contributed by atoms with Crippen molar-refractivity contribution in [2.24, 2.45) is 10.9 Å². The molecule has 0 spiro atoms. The zero-order chi connectivity index (χ0) is 16.7. The highest BCUT2D eigenvalue weighted by molar-refractivity contribution is 14.0. The van der Waals surface area contributed by atoms with Crippen LogP contribution in [0, 0.1) is 11.7 Å². The van der Waals surface area contributed by atoms with Crippen molar-refractivity contribution in [2.75, 3.05) is 26.7 Å². The minimum atomic E-state index is -0.207. The molecule has 4 nitrogen and oxygen atoms in total. The predicted molar refractivity (Wildman–Crippen MR) is 109 cm³/mol. The normalized spacial score (nSPS) is 16.8. The molecule has 1 fully saturated rings. The Hall–Kier alpha value is -0.890. The van der Waals surface area contributed by atoms with Gasteiger partial charge < -0.3 is 10.6 Å². The Balaban J connectivity index is 0.00000288. The van der Waals surface area contributed by atoms with Crippen LogP contribution in [0.5, 0.6) is 0 Å². The standard InChI is InChI=1S/C18H29FN4.HI/c1-14(2)17(23-9-4-5-10-23)13-22-18(20-3)21-12-15-7-6-8-16(19)11-15;/h6-8,11,14,17H,4-5,9-10,12-13H2,1-3H3,(H2,20,21,22);1H. The Morgan fingerprint density at radius 1 is 1.25 bits per heavy atom. The lowest BCUT2D eigenvalue weighted by molar-refractivity contribution is 0.192. The molecule has 6 heteroatoms. The summed E-state index contributed by atoms with van der Waals surface area (Å²) < 4.78 is 13.2. The van der Waals surface area contributed by atoms with Crippen molar-refractivity contribution in [2.45, 2.75) is 39.3 Å². The first-order chi connectivity index (χ1) is 11.1. The topological polar surface area (TPSA) is 39.7 Å². The molecule has 1 aliphatic heterocycles. The number of benzene rings is 1. The number of hydrogen-bond acceptors (Lipinski definition) is 2. The molecule has 2 N–H and O–H groups in total. The highest BCUT2D eigenvalue weighted by Crippen LogP contribution is 2.17. The third kappa shape index (κ3) is 6.55. The van der Waals surface area contributed by atoms with E-state index < -0.39 is 0 Å². The fraction of sp³-hybridized carbons (Fsp3) is 0.611. The van der Waals surface area contributed by atoms with E-state index in [4.69, 9.17) is 0 Å². The molecule has 2 rings (SSSR count). The second-order valence-corrected chi connectivity index (χ2v) is 6.49. The van der Waals surface area contributed by atoms with E-state index in [1.807, 2.05) is 6.07 Å². The predicted octanol–water partition coefficient (Wildman–Crippen LogP) is 3.23. The van der Waals surface area contributed by atoms with Gasteiger partial charge in [-0.15, -0.1) is 24.0 Å². The van der Waals surface area contributed by atoms with Gasteiger partial charge in [-0.25, -0.2) is 4.39 Å². The molecule has 0 amide bonds. The van der Waals surface area contributed by atoms with Crippen molar-refractivity contribution in [1.29, 1.82) is 0 Å². The van der Waals surface area contributed by atoms with E-state index in [-0.39, 0.29) is 29.8 Å². The number of nitrogens with zero attached hydrogens (tertiary/aromatic N) is 2. The highest BCUT2D eigenvalue weighted by atomic mass is 127. The quantitative estimate of drug-likeness (QED) is 0.399. The monoisotopic (exact) mass is 448 g/mol. The van der Waals surface area contributed by atoms with Crippen LogP contribution in [-0.4, -0.2) is 43.6 Å². The van der Waals surface area contributed by atoms with Crippen molar-refractivity contribution >= 4 is 29.9 Å². The molecule has 0 aliphatic carbocycles. The summed E-state index contributed by atoms with van der Waals surface area (Å²) in [6.45, 7) is 8.37. The Morgan fingerprint density at radius 3 is 2.54 bits per heavy atom. The maximum atomic E-state index is 13.2. The molecule has 0 radical (unpaired) electrons. The van der Waals surface area contributed by atoms with E-state index in [0.717, 1.165) is 18.1 Å². The number of guanidine groups is 1. The molecule has 1 heterocycles. The van der Waals surface area contributed by atoms with E-state index in [9.17, 15) is 4.39 Å². The van der Waals surface area contributed by atoms with Crippen LogP contribution in [0.2, 0.25) is 0 Å². The van der Waals surface area contributed by atoms with Gasteiger partial charge in [-0.1, -0.05) is 26.0 Å². The van der Waals surface area contributed by atoms with Crippen molar-refractivity contribution < 1.29 is 4.39 Å². The lowest BCUT2D eigenvalue weighted by Crippen LogP contribution is -2.48. The van der Waals surface area contributed by atoms with Crippen molar-refractivity contribution in [3.05, 3.63) is 35.6 Å². The van der Waals surface area contributed by atoms with Crippen molar-refractivity contribution in [3.63, 3.8) is 0 Å². The molecule has 1 aliphatic rings. The molecule has 24 heavy (non-hydrogen) atoms. The van der Waals surface area contributed by atoms with Crippen LogP contribution in [0.4, 0.5) is 4.39 Å². The largest absolute Gasteiger partial charge is 0.355 e. The van der Waals surface area contributed by atoms with Gasteiger partial charge in [0.05, 0.1) is 0 Å².